The summed E-state index contributed by atoms with van der Waals surface area (Å²) in [5.41, 5.74) is 0. The maximum absolute atomic E-state index is 11.0. The Morgan fingerprint density at radius 2 is 2.21 bits per heavy atom. The highest BCUT2D eigenvalue weighted by Gasteiger charge is 2.14. The quantitative estimate of drug-likeness (QED) is 0.732. The smallest absolute Gasteiger partial charge is 0.211 e. The first-order valence-corrected chi connectivity index (χ1v) is 6.47. The van der Waals surface area contributed by atoms with Crippen molar-refractivity contribution in [1.29, 1.82) is 0 Å². The van der Waals surface area contributed by atoms with Crippen LogP contribution >= 0.6 is 12.4 Å². The van der Waals surface area contributed by atoms with Gasteiger partial charge >= 0.3 is 0 Å². The molecule has 14 heavy (non-hydrogen) atoms. The van der Waals surface area contributed by atoms with Crippen LogP contribution in [0, 0.1) is 5.92 Å². The Morgan fingerprint density at radius 3 is 2.71 bits per heavy atom. The van der Waals surface area contributed by atoms with Gasteiger partial charge in [-0.25, -0.2) is 13.1 Å². The van der Waals surface area contributed by atoms with Gasteiger partial charge in [-0.1, -0.05) is 0 Å². The van der Waals surface area contributed by atoms with Gasteiger partial charge in [-0.3, -0.25) is 0 Å². The van der Waals surface area contributed by atoms with Crippen LogP contribution in [0.5, 0.6) is 0 Å². The van der Waals surface area contributed by atoms with E-state index in [0.717, 1.165) is 19.5 Å². The molecule has 1 heterocycles. The standard InChI is InChI=1S/C8H18N2O2S.ClH/c1-2-13(11,12)10-6-4-8-3-5-9-7-8;/h8-10H,2-7H2,1H3;1H. The summed E-state index contributed by atoms with van der Waals surface area (Å²) in [7, 11) is -2.98. The van der Waals surface area contributed by atoms with Crippen molar-refractivity contribution in [3.8, 4) is 0 Å². The largest absolute Gasteiger partial charge is 0.316 e. The molecule has 0 amide bonds. The first-order chi connectivity index (χ1) is 6.14. The van der Waals surface area contributed by atoms with E-state index >= 15 is 0 Å². The fraction of sp³-hybridized carbons (Fsp3) is 1.00. The maximum Gasteiger partial charge on any atom is 0.211 e. The van der Waals surface area contributed by atoms with Crippen LogP contribution in [0.4, 0.5) is 0 Å². The topological polar surface area (TPSA) is 58.2 Å². The fourth-order valence-corrected chi connectivity index (χ4v) is 2.11. The Morgan fingerprint density at radius 1 is 1.50 bits per heavy atom. The Balaban J connectivity index is 0.00000169. The lowest BCUT2D eigenvalue weighted by atomic mass is 10.1. The van der Waals surface area contributed by atoms with Crippen molar-refractivity contribution in [2.24, 2.45) is 5.92 Å². The molecule has 0 aliphatic carbocycles. The summed E-state index contributed by atoms with van der Waals surface area (Å²) in [5, 5.41) is 3.26. The van der Waals surface area contributed by atoms with E-state index in [-0.39, 0.29) is 18.2 Å². The third-order valence-corrected chi connectivity index (χ3v) is 3.82. The molecule has 0 bridgehead atoms. The van der Waals surface area contributed by atoms with Crippen LogP contribution in [-0.4, -0.2) is 33.8 Å². The predicted octanol–water partition coefficient (Wildman–Crippen LogP) is 0.347. The summed E-state index contributed by atoms with van der Waals surface area (Å²) in [4.78, 5) is 0. The number of nitrogens with one attached hydrogen (secondary N) is 2. The first-order valence-electron chi connectivity index (χ1n) is 4.82. The van der Waals surface area contributed by atoms with Crippen molar-refractivity contribution >= 4 is 22.4 Å². The van der Waals surface area contributed by atoms with Gasteiger partial charge < -0.3 is 5.32 Å². The molecule has 1 fully saturated rings. The van der Waals surface area contributed by atoms with Gasteiger partial charge in [0.15, 0.2) is 0 Å². The molecule has 1 atom stereocenters. The monoisotopic (exact) mass is 242 g/mol. The molecule has 1 saturated heterocycles. The van der Waals surface area contributed by atoms with E-state index < -0.39 is 10.0 Å². The van der Waals surface area contributed by atoms with Crippen LogP contribution in [0.1, 0.15) is 19.8 Å². The van der Waals surface area contributed by atoms with Crippen molar-refractivity contribution in [3.63, 3.8) is 0 Å². The summed E-state index contributed by atoms with van der Waals surface area (Å²) < 4.78 is 24.7. The van der Waals surface area contributed by atoms with Gasteiger partial charge in [-0.2, -0.15) is 0 Å². The van der Waals surface area contributed by atoms with Crippen LogP contribution < -0.4 is 10.0 Å². The maximum atomic E-state index is 11.0. The summed E-state index contributed by atoms with van der Waals surface area (Å²) in [6.07, 6.45) is 2.13. The van der Waals surface area contributed by atoms with E-state index in [1.54, 1.807) is 6.92 Å². The van der Waals surface area contributed by atoms with Crippen LogP contribution in [0.15, 0.2) is 0 Å². The molecule has 0 saturated carbocycles. The SMILES string of the molecule is CCS(=O)(=O)NCCC1CCNC1.Cl. The molecule has 2 N–H and O–H groups in total. The molecule has 4 nitrogen and oxygen atoms in total. The zero-order valence-corrected chi connectivity index (χ0v) is 10.1. The van der Waals surface area contributed by atoms with Gasteiger partial charge in [0.05, 0.1) is 5.75 Å². The number of sulfonamides is 1. The number of halogens is 1. The second-order valence-electron chi connectivity index (χ2n) is 3.45. The highest BCUT2D eigenvalue weighted by molar-refractivity contribution is 7.89. The molecule has 1 aliphatic rings. The molecule has 1 unspecified atom stereocenters. The summed E-state index contributed by atoms with van der Waals surface area (Å²) in [6.45, 7) is 4.35. The van der Waals surface area contributed by atoms with Crippen LogP contribution in [0.2, 0.25) is 0 Å². The number of rotatable bonds is 5. The van der Waals surface area contributed by atoms with Crippen LogP contribution in [-0.2, 0) is 10.0 Å². The zero-order chi connectivity index (χ0) is 9.73. The number of hydrogen-bond acceptors (Lipinski definition) is 3. The van der Waals surface area contributed by atoms with Gasteiger partial charge in [0.1, 0.15) is 0 Å². The van der Waals surface area contributed by atoms with Crippen LogP contribution in [0.25, 0.3) is 0 Å². The van der Waals surface area contributed by atoms with Crippen molar-refractivity contribution in [2.45, 2.75) is 19.8 Å². The third-order valence-electron chi connectivity index (χ3n) is 2.42. The van der Waals surface area contributed by atoms with Crippen molar-refractivity contribution in [2.75, 3.05) is 25.4 Å². The van der Waals surface area contributed by atoms with Gasteiger partial charge in [0, 0.05) is 6.54 Å². The minimum absolute atomic E-state index is 0. The third kappa shape index (κ3) is 5.14. The van der Waals surface area contributed by atoms with Crippen LogP contribution in [0.3, 0.4) is 0 Å². The molecule has 6 heteroatoms. The van der Waals surface area contributed by atoms with Gasteiger partial charge in [0.25, 0.3) is 0 Å². The Hall–Kier alpha value is 0.160. The fourth-order valence-electron chi connectivity index (χ4n) is 1.48. The molecule has 1 aliphatic heterocycles. The Labute approximate surface area is 92.3 Å². The normalized spacial score (nSPS) is 21.9. The van der Waals surface area contributed by atoms with Gasteiger partial charge in [0.2, 0.25) is 10.0 Å². The van der Waals surface area contributed by atoms with E-state index in [0.29, 0.717) is 12.5 Å². The zero-order valence-electron chi connectivity index (χ0n) is 8.45. The molecule has 1 rings (SSSR count). The van der Waals surface area contributed by atoms with E-state index in [4.69, 9.17) is 0 Å². The average Bonchev–Trinajstić information content (AvgIpc) is 2.57. The van der Waals surface area contributed by atoms with Gasteiger partial charge in [-0.05, 0) is 38.8 Å². The van der Waals surface area contributed by atoms with E-state index in [2.05, 4.69) is 10.0 Å². The summed E-state index contributed by atoms with van der Waals surface area (Å²) >= 11 is 0. The van der Waals surface area contributed by atoms with E-state index in [1.807, 2.05) is 0 Å². The Bertz CT molecular complexity index is 238. The van der Waals surface area contributed by atoms with Gasteiger partial charge in [-0.15, -0.1) is 12.4 Å². The van der Waals surface area contributed by atoms with Crippen molar-refractivity contribution in [1.82, 2.24) is 10.0 Å². The molecule has 0 spiro atoms. The second-order valence-corrected chi connectivity index (χ2v) is 5.54. The molecule has 0 aromatic rings. The second kappa shape index (κ2) is 6.61. The molecule has 86 valence electrons. The Kier molecular flexibility index (Phi) is 6.68. The molecule has 0 aromatic carbocycles. The lowest BCUT2D eigenvalue weighted by molar-refractivity contribution is 0.519. The van der Waals surface area contributed by atoms with Crippen molar-refractivity contribution in [3.05, 3.63) is 0 Å². The summed E-state index contributed by atoms with van der Waals surface area (Å²) in [6, 6.07) is 0. The molecule has 0 aromatic heterocycles. The highest BCUT2D eigenvalue weighted by atomic mass is 35.5. The minimum Gasteiger partial charge on any atom is -0.316 e. The molecular formula is C8H19ClN2O2S. The molecule has 0 radical (unpaired) electrons. The highest BCUT2D eigenvalue weighted by Crippen LogP contribution is 2.10. The number of hydrogen-bond donors (Lipinski definition) is 2. The molecular weight excluding hydrogens is 224 g/mol. The minimum atomic E-state index is -2.98. The van der Waals surface area contributed by atoms with E-state index in [9.17, 15) is 8.42 Å². The lowest BCUT2D eigenvalue weighted by Crippen LogP contribution is -2.27. The first kappa shape index (κ1) is 14.2. The van der Waals surface area contributed by atoms with Crippen molar-refractivity contribution < 1.29 is 8.42 Å². The predicted molar refractivity (Wildman–Crippen MR) is 60.3 cm³/mol. The van der Waals surface area contributed by atoms with E-state index in [1.165, 1.54) is 6.42 Å². The average molecular weight is 243 g/mol. The summed E-state index contributed by atoms with van der Waals surface area (Å²) in [5.74, 6) is 0.829. The lowest BCUT2D eigenvalue weighted by Gasteiger charge is -2.08.